The second-order valence-electron chi connectivity index (χ2n) is 10.9. The zero-order valence-electron chi connectivity index (χ0n) is 21.7. The second-order valence-corrected chi connectivity index (χ2v) is 10.9. The number of likely N-dealkylation sites (tertiary alicyclic amines) is 1. The van der Waals surface area contributed by atoms with Crippen LogP contribution in [0.3, 0.4) is 0 Å². The lowest BCUT2D eigenvalue weighted by atomic mass is 9.87. The van der Waals surface area contributed by atoms with Crippen molar-refractivity contribution in [3.05, 3.63) is 53.5 Å². The number of benzene rings is 1. The normalized spacial score (nSPS) is 24.8. The van der Waals surface area contributed by atoms with Gasteiger partial charge in [-0.3, -0.25) is 4.79 Å². The van der Waals surface area contributed by atoms with Gasteiger partial charge in [0.1, 0.15) is 29.1 Å². The Hall–Kier alpha value is -3.04. The number of hydrogen-bond acceptors (Lipinski definition) is 6. The third-order valence-corrected chi connectivity index (χ3v) is 8.15. The van der Waals surface area contributed by atoms with Gasteiger partial charge in [0.25, 0.3) is 5.91 Å². The van der Waals surface area contributed by atoms with Crippen LogP contribution in [0.5, 0.6) is 0 Å². The third-order valence-electron chi connectivity index (χ3n) is 8.15. The van der Waals surface area contributed by atoms with E-state index in [1.807, 2.05) is 0 Å². The Morgan fingerprint density at radius 1 is 1.05 bits per heavy atom. The average molecular weight is 527 g/mol. The average Bonchev–Trinajstić information content (AvgIpc) is 2.91. The van der Waals surface area contributed by atoms with Gasteiger partial charge in [0.05, 0.1) is 5.56 Å². The third kappa shape index (κ3) is 5.68. The summed E-state index contributed by atoms with van der Waals surface area (Å²) in [4.78, 5) is 21.8. The van der Waals surface area contributed by atoms with E-state index in [-0.39, 0.29) is 23.2 Å². The first kappa shape index (κ1) is 26.6. The van der Waals surface area contributed by atoms with E-state index in [1.54, 1.807) is 29.3 Å². The Morgan fingerprint density at radius 3 is 2.42 bits per heavy atom. The molecule has 1 aromatic carbocycles. The lowest BCUT2D eigenvalue weighted by Gasteiger charge is -2.38. The van der Waals surface area contributed by atoms with Gasteiger partial charge in [0.2, 0.25) is 0 Å². The van der Waals surface area contributed by atoms with Crippen molar-refractivity contribution in [2.24, 2.45) is 5.92 Å². The van der Waals surface area contributed by atoms with Crippen molar-refractivity contribution < 1.29 is 23.8 Å². The van der Waals surface area contributed by atoms with Crippen LogP contribution in [-0.2, 0) is 4.79 Å². The number of aliphatic hydroxyl groups is 2. The largest absolute Gasteiger partial charge is 0.507 e. The summed E-state index contributed by atoms with van der Waals surface area (Å²) in [7, 11) is 0. The Labute approximate surface area is 222 Å². The van der Waals surface area contributed by atoms with Crippen molar-refractivity contribution in [3.63, 3.8) is 0 Å². The summed E-state index contributed by atoms with van der Waals surface area (Å²) in [6.07, 6.45) is 4.17. The number of nitrogens with one attached hydrogen (secondary N) is 1. The number of aromatic nitrogens is 1. The predicted molar refractivity (Wildman–Crippen MR) is 143 cm³/mol. The molecule has 2 aromatic rings. The summed E-state index contributed by atoms with van der Waals surface area (Å²) in [5.41, 5.74) is 1.60. The highest BCUT2D eigenvalue weighted by atomic mass is 19.1. The van der Waals surface area contributed by atoms with E-state index in [9.17, 15) is 23.8 Å². The lowest BCUT2D eigenvalue weighted by molar-refractivity contribution is -0.119. The van der Waals surface area contributed by atoms with Crippen LogP contribution in [0, 0.1) is 11.7 Å². The molecule has 1 aliphatic carbocycles. The van der Waals surface area contributed by atoms with E-state index in [1.165, 1.54) is 12.1 Å². The first-order valence-corrected chi connectivity index (χ1v) is 13.6. The molecule has 38 heavy (non-hydrogen) atoms. The van der Waals surface area contributed by atoms with Crippen LogP contribution in [-0.4, -0.2) is 70.6 Å². The van der Waals surface area contributed by atoms with Gasteiger partial charge in [-0.05, 0) is 68.2 Å². The summed E-state index contributed by atoms with van der Waals surface area (Å²) < 4.78 is 27.1. The number of hydrogen-bond donors (Lipinski definition) is 3. The lowest BCUT2D eigenvalue weighted by Crippen LogP contribution is -2.50. The number of pyridine rings is 1. The number of aliphatic hydroxyl groups excluding tert-OH is 2. The van der Waals surface area contributed by atoms with Crippen molar-refractivity contribution in [2.75, 3.05) is 31.1 Å². The van der Waals surface area contributed by atoms with Crippen molar-refractivity contribution in [3.8, 4) is 11.1 Å². The minimum Gasteiger partial charge on any atom is -0.507 e. The molecule has 3 heterocycles. The Kier molecular flexibility index (Phi) is 7.95. The smallest absolute Gasteiger partial charge is 0.255 e. The van der Waals surface area contributed by atoms with Gasteiger partial charge in [-0.1, -0.05) is 19.1 Å². The predicted octanol–water partition coefficient (Wildman–Crippen LogP) is 4.42. The van der Waals surface area contributed by atoms with Crippen LogP contribution in [0.2, 0.25) is 0 Å². The first-order valence-electron chi connectivity index (χ1n) is 13.6. The molecule has 3 aliphatic rings. The summed E-state index contributed by atoms with van der Waals surface area (Å²) in [6.45, 7) is 4.36. The number of fused-ring (bicyclic) bond motifs is 1. The molecule has 5 rings (SSSR count). The van der Waals surface area contributed by atoms with Crippen molar-refractivity contribution in [1.82, 2.24) is 15.2 Å². The van der Waals surface area contributed by atoms with Crippen LogP contribution >= 0.6 is 0 Å². The van der Waals surface area contributed by atoms with Crippen LogP contribution in [0.15, 0.2) is 42.1 Å². The van der Waals surface area contributed by atoms with Gasteiger partial charge in [-0.15, -0.1) is 0 Å². The fourth-order valence-corrected chi connectivity index (χ4v) is 5.69. The molecule has 3 N–H and O–H groups in total. The molecule has 1 amide bonds. The number of anilines is 1. The fourth-order valence-electron chi connectivity index (χ4n) is 5.69. The summed E-state index contributed by atoms with van der Waals surface area (Å²) in [5, 5.41) is 25.7. The molecular weight excluding hydrogens is 490 g/mol. The van der Waals surface area contributed by atoms with Crippen molar-refractivity contribution in [2.45, 2.75) is 63.9 Å². The topological polar surface area (TPSA) is 88.9 Å². The maximum absolute atomic E-state index is 13.6. The number of carbonyl (C=O) groups is 1. The van der Waals surface area contributed by atoms with Gasteiger partial charge < -0.3 is 25.3 Å². The SMILES string of the molecule is CC1CCC(NC(=O)C2=C(O)c3cc(-c4ccc(F)cc4)cnc3N(CCN3CCC(F)CC3)C2O)CC1. The highest BCUT2D eigenvalue weighted by molar-refractivity contribution is 6.03. The van der Waals surface area contributed by atoms with Crippen molar-refractivity contribution in [1.29, 1.82) is 0 Å². The van der Waals surface area contributed by atoms with E-state index >= 15 is 0 Å². The quantitative estimate of drug-likeness (QED) is 0.516. The Balaban J connectivity index is 1.45. The molecule has 204 valence electrons. The fraction of sp³-hybridized carbons (Fsp3) is 0.517. The standard InChI is InChI=1S/C29H36F2N4O3/c1-18-2-8-23(9-3-18)33-28(37)25-26(36)24-16-20(19-4-6-21(30)7-5-19)17-32-27(24)35(29(25)38)15-14-34-12-10-22(31)11-13-34/h4-7,16-18,22-23,29,36,38H,2-3,8-15H2,1H3,(H,33,37). The second kappa shape index (κ2) is 11.4. The summed E-state index contributed by atoms with van der Waals surface area (Å²) in [5.74, 6) is -0.165. The molecular formula is C29H36F2N4O3. The molecule has 9 heteroatoms. The number of halogens is 2. The van der Waals surface area contributed by atoms with E-state index in [0.29, 0.717) is 67.4 Å². The minimum absolute atomic E-state index is 0.00767. The van der Waals surface area contributed by atoms with Gasteiger partial charge >= 0.3 is 0 Å². The molecule has 1 unspecified atom stereocenters. The zero-order chi connectivity index (χ0) is 26.8. The number of rotatable bonds is 6. The van der Waals surface area contributed by atoms with E-state index in [2.05, 4.69) is 22.1 Å². The molecule has 1 saturated carbocycles. The Morgan fingerprint density at radius 2 is 1.74 bits per heavy atom. The van der Waals surface area contributed by atoms with E-state index in [0.717, 1.165) is 25.7 Å². The Bertz CT molecular complexity index is 1170. The molecule has 1 aromatic heterocycles. The van der Waals surface area contributed by atoms with E-state index < -0.39 is 18.3 Å². The van der Waals surface area contributed by atoms with Crippen LogP contribution in [0.25, 0.3) is 16.9 Å². The molecule has 1 saturated heterocycles. The minimum atomic E-state index is -1.38. The zero-order valence-corrected chi connectivity index (χ0v) is 21.7. The molecule has 7 nitrogen and oxygen atoms in total. The van der Waals surface area contributed by atoms with Gasteiger partial charge in [-0.25, -0.2) is 13.8 Å². The maximum atomic E-state index is 13.6. The van der Waals surface area contributed by atoms with E-state index in [4.69, 9.17) is 0 Å². The number of carbonyl (C=O) groups excluding carboxylic acids is 1. The summed E-state index contributed by atoms with van der Waals surface area (Å²) >= 11 is 0. The monoisotopic (exact) mass is 526 g/mol. The molecule has 1 atom stereocenters. The van der Waals surface area contributed by atoms with Gasteiger partial charge in [0.15, 0.2) is 6.23 Å². The maximum Gasteiger partial charge on any atom is 0.255 e. The molecule has 0 spiro atoms. The van der Waals surface area contributed by atoms with Crippen LogP contribution in [0.4, 0.5) is 14.6 Å². The van der Waals surface area contributed by atoms with Crippen LogP contribution in [0.1, 0.15) is 51.0 Å². The van der Waals surface area contributed by atoms with Gasteiger partial charge in [-0.2, -0.15) is 0 Å². The van der Waals surface area contributed by atoms with Gasteiger partial charge in [0, 0.05) is 44.0 Å². The highest BCUT2D eigenvalue weighted by Crippen LogP contribution is 2.37. The number of nitrogens with zero attached hydrogens (tertiary/aromatic N) is 3. The molecule has 2 aliphatic heterocycles. The number of piperidine rings is 1. The number of alkyl halides is 1. The molecule has 0 radical (unpaired) electrons. The summed E-state index contributed by atoms with van der Waals surface area (Å²) in [6, 6.07) is 7.67. The first-order chi connectivity index (χ1) is 18.3. The molecule has 0 bridgehead atoms. The highest BCUT2D eigenvalue weighted by Gasteiger charge is 2.38. The molecule has 2 fully saturated rings. The van der Waals surface area contributed by atoms with Crippen molar-refractivity contribution >= 4 is 17.5 Å². The number of amides is 1. The van der Waals surface area contributed by atoms with Crippen LogP contribution < -0.4 is 10.2 Å².